The molecular formula is C16H28N4O2. The zero-order chi connectivity index (χ0) is 16.8. The van der Waals surface area contributed by atoms with Crippen molar-refractivity contribution in [1.82, 2.24) is 14.1 Å². The lowest BCUT2D eigenvalue weighted by Crippen LogP contribution is -2.50. The van der Waals surface area contributed by atoms with Crippen molar-refractivity contribution in [3.8, 4) is 0 Å². The number of hydrogen-bond donors (Lipinski definition) is 0. The van der Waals surface area contributed by atoms with Gasteiger partial charge in [-0.15, -0.1) is 0 Å². The lowest BCUT2D eigenvalue weighted by molar-refractivity contribution is 0.0737. The van der Waals surface area contributed by atoms with Gasteiger partial charge in [-0.25, -0.2) is 14.2 Å². The summed E-state index contributed by atoms with van der Waals surface area (Å²) in [6.07, 6.45) is 1.03. The quantitative estimate of drug-likeness (QED) is 0.830. The summed E-state index contributed by atoms with van der Waals surface area (Å²) in [6, 6.07) is -0.0823. The first-order valence-corrected chi connectivity index (χ1v) is 8.03. The van der Waals surface area contributed by atoms with Crippen LogP contribution in [0.5, 0.6) is 0 Å². The molecule has 6 heteroatoms. The van der Waals surface area contributed by atoms with Crippen LogP contribution < -0.4 is 16.3 Å². The molecule has 0 saturated heterocycles. The van der Waals surface area contributed by atoms with Gasteiger partial charge in [-0.2, -0.15) is 4.98 Å². The monoisotopic (exact) mass is 308 g/mol. The number of nitrogens with zero attached hydrogens (tertiary/aromatic N) is 4. The van der Waals surface area contributed by atoms with Crippen molar-refractivity contribution in [1.29, 1.82) is 0 Å². The molecule has 0 N–H and O–H groups in total. The molecule has 5 unspecified atom stereocenters. The zero-order valence-electron chi connectivity index (χ0n) is 14.7. The van der Waals surface area contributed by atoms with Crippen LogP contribution in [-0.4, -0.2) is 28.2 Å². The van der Waals surface area contributed by atoms with Gasteiger partial charge in [0.2, 0.25) is 5.95 Å². The van der Waals surface area contributed by atoms with Crippen LogP contribution in [0.4, 0.5) is 5.95 Å². The van der Waals surface area contributed by atoms with Crippen LogP contribution in [-0.2, 0) is 7.05 Å². The third kappa shape index (κ3) is 2.59. The van der Waals surface area contributed by atoms with Gasteiger partial charge in [-0.05, 0) is 30.1 Å². The second-order valence-electron chi connectivity index (χ2n) is 7.20. The minimum atomic E-state index is -0.433. The molecule has 22 heavy (non-hydrogen) atoms. The van der Waals surface area contributed by atoms with Gasteiger partial charge in [0.15, 0.2) is 0 Å². The van der Waals surface area contributed by atoms with Crippen LogP contribution >= 0.6 is 0 Å². The molecule has 0 spiro atoms. The topological polar surface area (TPSA) is 60.1 Å². The van der Waals surface area contributed by atoms with Crippen LogP contribution in [0.1, 0.15) is 40.2 Å². The van der Waals surface area contributed by atoms with Crippen molar-refractivity contribution in [2.75, 3.05) is 19.0 Å². The Hall–Kier alpha value is -1.59. The average molecular weight is 308 g/mol. The molecule has 5 atom stereocenters. The Balaban J connectivity index is 2.60. The lowest BCUT2D eigenvalue weighted by Gasteiger charge is -2.43. The Bertz CT molecular complexity index is 661. The Morgan fingerprint density at radius 3 is 2.18 bits per heavy atom. The van der Waals surface area contributed by atoms with E-state index in [1.807, 2.05) is 0 Å². The molecule has 1 aromatic heterocycles. The first-order valence-electron chi connectivity index (χ1n) is 8.03. The van der Waals surface area contributed by atoms with Crippen molar-refractivity contribution >= 4 is 5.95 Å². The number of rotatable bonds is 2. The molecule has 1 saturated carbocycles. The lowest BCUT2D eigenvalue weighted by atomic mass is 9.67. The normalized spacial score (nSPS) is 32.0. The van der Waals surface area contributed by atoms with Crippen LogP contribution in [0, 0.1) is 23.7 Å². The third-order valence-electron chi connectivity index (χ3n) is 5.49. The fraction of sp³-hybridized carbons (Fsp3) is 0.812. The minimum absolute atomic E-state index is 0.0823. The standard InChI is InChI=1S/C16H28N4O2/c1-9-8-10(2)13(12(4)11(9)3)20-15(21)17-14(18(5)6)19(7)16(20)22/h9-13H,8H2,1-7H3. The Morgan fingerprint density at radius 2 is 1.64 bits per heavy atom. The van der Waals surface area contributed by atoms with E-state index in [1.165, 1.54) is 9.13 Å². The first-order chi connectivity index (χ1) is 10.2. The fourth-order valence-electron chi connectivity index (χ4n) is 3.98. The summed E-state index contributed by atoms with van der Waals surface area (Å²) in [6.45, 7) is 8.75. The molecule has 124 valence electrons. The predicted molar refractivity (Wildman–Crippen MR) is 88.4 cm³/mol. The van der Waals surface area contributed by atoms with E-state index in [0.29, 0.717) is 23.7 Å². The fourth-order valence-corrected chi connectivity index (χ4v) is 3.98. The van der Waals surface area contributed by atoms with E-state index in [9.17, 15) is 9.59 Å². The predicted octanol–water partition coefficient (Wildman–Crippen LogP) is 1.50. The SMILES string of the molecule is CC1CC(C)C(n2c(=O)nc(N(C)C)n(C)c2=O)C(C)C1C. The van der Waals surface area contributed by atoms with Crippen LogP contribution in [0.25, 0.3) is 0 Å². The van der Waals surface area contributed by atoms with E-state index in [0.717, 1.165) is 6.42 Å². The second-order valence-corrected chi connectivity index (χ2v) is 7.20. The molecular weight excluding hydrogens is 280 g/mol. The molecule has 0 amide bonds. The van der Waals surface area contributed by atoms with Crippen molar-refractivity contribution < 1.29 is 0 Å². The molecule has 0 bridgehead atoms. The van der Waals surface area contributed by atoms with Crippen LogP contribution in [0.3, 0.4) is 0 Å². The summed E-state index contributed by atoms with van der Waals surface area (Å²) in [5.74, 6) is 2.04. The Morgan fingerprint density at radius 1 is 1.05 bits per heavy atom. The van der Waals surface area contributed by atoms with E-state index in [4.69, 9.17) is 0 Å². The van der Waals surface area contributed by atoms with E-state index >= 15 is 0 Å². The van der Waals surface area contributed by atoms with Crippen molar-refractivity contribution in [2.24, 2.45) is 30.7 Å². The Labute approximate surface area is 131 Å². The van der Waals surface area contributed by atoms with E-state index in [2.05, 4.69) is 32.7 Å². The average Bonchev–Trinajstić information content (AvgIpc) is 2.43. The van der Waals surface area contributed by atoms with Gasteiger partial charge < -0.3 is 4.90 Å². The largest absolute Gasteiger partial charge is 0.355 e. The second kappa shape index (κ2) is 5.89. The molecule has 1 aliphatic rings. The van der Waals surface area contributed by atoms with Crippen molar-refractivity contribution in [3.05, 3.63) is 21.0 Å². The summed E-state index contributed by atoms with van der Waals surface area (Å²) >= 11 is 0. The maximum absolute atomic E-state index is 12.8. The van der Waals surface area contributed by atoms with Gasteiger partial charge in [0, 0.05) is 27.2 Å². The molecule has 2 rings (SSSR count). The molecule has 1 heterocycles. The first kappa shape index (κ1) is 16.8. The molecule has 1 fully saturated rings. The molecule has 1 aliphatic carbocycles. The summed E-state index contributed by atoms with van der Waals surface area (Å²) in [5, 5.41) is 0. The smallest absolute Gasteiger partial charge is 0.348 e. The molecule has 0 aliphatic heterocycles. The summed E-state index contributed by atoms with van der Waals surface area (Å²) in [7, 11) is 5.23. The highest BCUT2D eigenvalue weighted by Crippen LogP contribution is 2.43. The van der Waals surface area contributed by atoms with Crippen molar-refractivity contribution in [3.63, 3.8) is 0 Å². The van der Waals surface area contributed by atoms with Gasteiger partial charge >= 0.3 is 11.4 Å². The summed E-state index contributed by atoms with van der Waals surface area (Å²) in [4.78, 5) is 31.1. The molecule has 6 nitrogen and oxygen atoms in total. The minimum Gasteiger partial charge on any atom is -0.348 e. The highest BCUT2D eigenvalue weighted by Gasteiger charge is 2.39. The Kier molecular flexibility index (Phi) is 4.49. The third-order valence-corrected chi connectivity index (χ3v) is 5.49. The maximum atomic E-state index is 12.8. The van der Waals surface area contributed by atoms with Gasteiger partial charge in [0.1, 0.15) is 0 Å². The van der Waals surface area contributed by atoms with Crippen LogP contribution in [0.2, 0.25) is 0 Å². The van der Waals surface area contributed by atoms with Gasteiger partial charge in [0.05, 0.1) is 0 Å². The van der Waals surface area contributed by atoms with Crippen LogP contribution in [0.15, 0.2) is 9.59 Å². The molecule has 0 aromatic carbocycles. The number of anilines is 1. The zero-order valence-corrected chi connectivity index (χ0v) is 14.7. The van der Waals surface area contributed by atoms with E-state index in [-0.39, 0.29) is 17.6 Å². The number of aromatic nitrogens is 3. The summed E-state index contributed by atoms with van der Waals surface area (Å²) in [5.41, 5.74) is -0.702. The maximum Gasteiger partial charge on any atom is 0.355 e. The van der Waals surface area contributed by atoms with Gasteiger partial charge in [-0.1, -0.05) is 27.7 Å². The van der Waals surface area contributed by atoms with Gasteiger partial charge in [0.25, 0.3) is 0 Å². The number of hydrogen-bond acceptors (Lipinski definition) is 4. The summed E-state index contributed by atoms with van der Waals surface area (Å²) < 4.78 is 2.84. The van der Waals surface area contributed by atoms with Gasteiger partial charge in [-0.3, -0.25) is 4.57 Å². The van der Waals surface area contributed by atoms with Crippen molar-refractivity contribution in [2.45, 2.75) is 40.2 Å². The highest BCUT2D eigenvalue weighted by atomic mass is 16.2. The van der Waals surface area contributed by atoms with E-state index < -0.39 is 5.69 Å². The highest BCUT2D eigenvalue weighted by molar-refractivity contribution is 5.25. The van der Waals surface area contributed by atoms with E-state index in [1.54, 1.807) is 26.0 Å². The molecule has 0 radical (unpaired) electrons. The molecule has 1 aromatic rings.